The normalized spacial score (nSPS) is 10.7. The average Bonchev–Trinajstić information content (AvgIpc) is 3.06. The average molecular weight is 412 g/mol. The Labute approximate surface area is 171 Å². The number of non-ortho nitro benzene ring substituents is 1. The summed E-state index contributed by atoms with van der Waals surface area (Å²) >= 11 is 1.31. The number of esters is 1. The van der Waals surface area contributed by atoms with Gasteiger partial charge in [0.1, 0.15) is 10.6 Å². The number of hydrogen-bond donors (Lipinski definition) is 1. The van der Waals surface area contributed by atoms with Crippen molar-refractivity contribution in [2.75, 3.05) is 11.9 Å². The lowest BCUT2D eigenvalue weighted by Gasteiger charge is -2.08. The predicted molar refractivity (Wildman–Crippen MR) is 112 cm³/mol. The fourth-order valence-electron chi connectivity index (χ4n) is 2.81. The highest BCUT2D eigenvalue weighted by atomic mass is 32.1. The summed E-state index contributed by atoms with van der Waals surface area (Å²) in [6, 6.07) is 13.2. The highest BCUT2D eigenvalue weighted by Crippen LogP contribution is 2.36. The molecule has 3 aromatic rings. The minimum atomic E-state index is -0.489. The van der Waals surface area contributed by atoms with Crippen molar-refractivity contribution in [2.24, 2.45) is 0 Å². The van der Waals surface area contributed by atoms with E-state index in [1.54, 1.807) is 12.1 Å². The Morgan fingerprint density at radius 1 is 1.14 bits per heavy atom. The zero-order valence-corrected chi connectivity index (χ0v) is 16.7. The molecule has 29 heavy (non-hydrogen) atoms. The molecule has 0 aliphatic carbocycles. The lowest BCUT2D eigenvalue weighted by molar-refractivity contribution is -0.384. The summed E-state index contributed by atoms with van der Waals surface area (Å²) in [7, 11) is 0. The van der Waals surface area contributed by atoms with Gasteiger partial charge in [0.2, 0.25) is 5.91 Å². The van der Waals surface area contributed by atoms with E-state index in [-0.39, 0.29) is 18.0 Å². The number of nitro groups is 1. The minimum Gasteiger partial charge on any atom is -0.462 e. The van der Waals surface area contributed by atoms with Crippen molar-refractivity contribution in [2.45, 2.75) is 26.2 Å². The maximum Gasteiger partial charge on any atom is 0.341 e. The van der Waals surface area contributed by atoms with Crippen LogP contribution in [0.4, 0.5) is 10.7 Å². The quantitative estimate of drug-likeness (QED) is 0.244. The van der Waals surface area contributed by atoms with Gasteiger partial charge in [-0.05, 0) is 18.1 Å². The van der Waals surface area contributed by atoms with E-state index in [1.165, 1.54) is 23.5 Å². The zero-order chi connectivity index (χ0) is 20.8. The van der Waals surface area contributed by atoms with E-state index in [9.17, 15) is 19.7 Å². The molecule has 7 nitrogen and oxygen atoms in total. The van der Waals surface area contributed by atoms with Crippen molar-refractivity contribution in [1.29, 1.82) is 0 Å². The van der Waals surface area contributed by atoms with Gasteiger partial charge in [-0.3, -0.25) is 14.9 Å². The first-order valence-corrected chi connectivity index (χ1v) is 10.0. The van der Waals surface area contributed by atoms with Gasteiger partial charge >= 0.3 is 5.97 Å². The van der Waals surface area contributed by atoms with E-state index in [0.717, 1.165) is 22.9 Å². The summed E-state index contributed by atoms with van der Waals surface area (Å²) in [4.78, 5) is 35.4. The van der Waals surface area contributed by atoms with Crippen LogP contribution in [-0.4, -0.2) is 23.4 Å². The zero-order valence-electron chi connectivity index (χ0n) is 15.8. The van der Waals surface area contributed by atoms with E-state index < -0.39 is 10.9 Å². The van der Waals surface area contributed by atoms with Crippen LogP contribution < -0.4 is 5.32 Å². The van der Waals surface area contributed by atoms with E-state index in [1.807, 2.05) is 31.2 Å². The van der Waals surface area contributed by atoms with Gasteiger partial charge in [0.15, 0.2) is 0 Å². The summed E-state index contributed by atoms with van der Waals surface area (Å²) in [5, 5.41) is 14.7. The Morgan fingerprint density at radius 2 is 1.86 bits per heavy atom. The van der Waals surface area contributed by atoms with Gasteiger partial charge < -0.3 is 10.1 Å². The third-order valence-corrected chi connectivity index (χ3v) is 5.38. The van der Waals surface area contributed by atoms with Crippen LogP contribution >= 0.6 is 11.3 Å². The van der Waals surface area contributed by atoms with Crippen LogP contribution in [0.2, 0.25) is 0 Å². The van der Waals surface area contributed by atoms with Crippen molar-refractivity contribution in [3.63, 3.8) is 0 Å². The Bertz CT molecular complexity index is 1040. The fourth-order valence-corrected chi connectivity index (χ4v) is 3.92. The second-order valence-electron chi connectivity index (χ2n) is 6.44. The molecule has 1 aromatic heterocycles. The Kier molecular flexibility index (Phi) is 6.56. The molecular formula is C21H20N2O5S. The molecule has 0 radical (unpaired) electrons. The van der Waals surface area contributed by atoms with E-state index in [4.69, 9.17) is 4.74 Å². The van der Waals surface area contributed by atoms with Gasteiger partial charge in [0.25, 0.3) is 5.69 Å². The van der Waals surface area contributed by atoms with Gasteiger partial charge in [0, 0.05) is 22.2 Å². The molecule has 1 N–H and O–H groups in total. The number of benzene rings is 2. The summed E-state index contributed by atoms with van der Waals surface area (Å²) in [5.41, 5.74) is 0.968. The molecule has 8 heteroatoms. The second-order valence-corrected chi connectivity index (χ2v) is 7.49. The number of nitro benzene ring substituents is 1. The lowest BCUT2D eigenvalue weighted by Crippen LogP contribution is -2.16. The largest absolute Gasteiger partial charge is 0.462 e. The molecule has 150 valence electrons. The lowest BCUT2D eigenvalue weighted by atomic mass is 10.1. The maximum atomic E-state index is 12.6. The maximum absolute atomic E-state index is 12.6. The number of anilines is 1. The molecule has 1 heterocycles. The highest BCUT2D eigenvalue weighted by Gasteiger charge is 2.21. The summed E-state index contributed by atoms with van der Waals surface area (Å²) in [6.07, 6.45) is 1.72. The molecule has 3 rings (SSSR count). The Balaban J connectivity index is 1.79. The topological polar surface area (TPSA) is 98.5 Å². The van der Waals surface area contributed by atoms with Crippen molar-refractivity contribution in [3.05, 3.63) is 69.8 Å². The van der Waals surface area contributed by atoms with Gasteiger partial charge in [-0.2, -0.15) is 0 Å². The van der Waals surface area contributed by atoms with E-state index in [2.05, 4.69) is 5.32 Å². The molecule has 1 amide bonds. The molecule has 2 aromatic carbocycles. The number of fused-ring (bicyclic) bond motifs is 1. The number of ether oxygens (including phenoxy) is 1. The smallest absolute Gasteiger partial charge is 0.341 e. The minimum absolute atomic E-state index is 0.0317. The number of carbonyl (C=O) groups is 2. The first-order valence-electron chi connectivity index (χ1n) is 9.21. The molecule has 0 aliphatic heterocycles. The number of nitrogens with zero attached hydrogens (tertiary/aromatic N) is 1. The number of rotatable bonds is 8. The standard InChI is InChI=1S/C21H20N2O5S/c1-2-3-12-28-21(25)19-16-6-4-5-7-17(16)29-20(19)22-18(24)13-14-8-10-15(11-9-14)23(26)27/h4-11H,2-3,12-13H2,1H3,(H,22,24). The van der Waals surface area contributed by atoms with Gasteiger partial charge in [-0.15, -0.1) is 11.3 Å². The third kappa shape index (κ3) is 4.97. The third-order valence-electron chi connectivity index (χ3n) is 4.30. The molecule has 0 aliphatic rings. The summed E-state index contributed by atoms with van der Waals surface area (Å²) in [6.45, 7) is 2.34. The van der Waals surface area contributed by atoms with Gasteiger partial charge in [0.05, 0.1) is 18.0 Å². The number of carbonyl (C=O) groups excluding carboxylic acids is 2. The molecule has 0 saturated heterocycles. The van der Waals surface area contributed by atoms with Gasteiger partial charge in [-0.1, -0.05) is 43.7 Å². The van der Waals surface area contributed by atoms with E-state index in [0.29, 0.717) is 22.7 Å². The van der Waals surface area contributed by atoms with Crippen molar-refractivity contribution in [3.8, 4) is 0 Å². The van der Waals surface area contributed by atoms with Crippen LogP contribution in [0, 0.1) is 10.1 Å². The molecule has 0 spiro atoms. The predicted octanol–water partition coefficient (Wildman–Crippen LogP) is 4.95. The van der Waals surface area contributed by atoms with Crippen LogP contribution in [0.3, 0.4) is 0 Å². The number of nitrogens with one attached hydrogen (secondary N) is 1. The summed E-state index contributed by atoms with van der Waals surface area (Å²) < 4.78 is 6.24. The Morgan fingerprint density at radius 3 is 2.55 bits per heavy atom. The second kappa shape index (κ2) is 9.29. The van der Waals surface area contributed by atoms with Gasteiger partial charge in [-0.25, -0.2) is 4.79 Å². The summed E-state index contributed by atoms with van der Waals surface area (Å²) in [5.74, 6) is -0.769. The number of thiophene rings is 1. The number of hydrogen-bond acceptors (Lipinski definition) is 6. The molecule has 0 unspecified atom stereocenters. The number of amides is 1. The van der Waals surface area contributed by atoms with Crippen LogP contribution in [-0.2, 0) is 16.0 Å². The van der Waals surface area contributed by atoms with Crippen molar-refractivity contribution in [1.82, 2.24) is 0 Å². The van der Waals surface area contributed by atoms with Crippen LogP contribution in [0.15, 0.2) is 48.5 Å². The molecule has 0 bridgehead atoms. The first-order chi connectivity index (χ1) is 14.0. The SMILES string of the molecule is CCCCOC(=O)c1c(NC(=O)Cc2ccc([N+](=O)[O-])cc2)sc2ccccc12. The first kappa shape index (κ1) is 20.5. The molecule has 0 fully saturated rings. The van der Waals surface area contributed by atoms with E-state index >= 15 is 0 Å². The van der Waals surface area contributed by atoms with Crippen LogP contribution in [0.5, 0.6) is 0 Å². The van der Waals surface area contributed by atoms with Crippen molar-refractivity contribution < 1.29 is 19.2 Å². The Hall–Kier alpha value is -3.26. The molecular weight excluding hydrogens is 392 g/mol. The van der Waals surface area contributed by atoms with Crippen LogP contribution in [0.25, 0.3) is 10.1 Å². The van der Waals surface area contributed by atoms with Crippen LogP contribution in [0.1, 0.15) is 35.7 Å². The molecule has 0 saturated carbocycles. The van der Waals surface area contributed by atoms with Crippen molar-refractivity contribution >= 4 is 44.0 Å². The monoisotopic (exact) mass is 412 g/mol. The number of unbranched alkanes of at least 4 members (excludes halogenated alkanes) is 1. The molecule has 0 atom stereocenters. The highest BCUT2D eigenvalue weighted by molar-refractivity contribution is 7.23. The fraction of sp³-hybridized carbons (Fsp3) is 0.238.